The molecule has 9 N–H and O–H groups in total. The summed E-state index contributed by atoms with van der Waals surface area (Å²) in [6.07, 6.45) is 2.12. The predicted molar refractivity (Wildman–Crippen MR) is 187 cm³/mol. The largest absolute Gasteiger partial charge is 0.382 e. The molecule has 0 saturated carbocycles. The molecule has 2 aromatic carbocycles. The van der Waals surface area contributed by atoms with Crippen molar-refractivity contribution in [1.82, 2.24) is 10.3 Å². The number of benzene rings is 2. The lowest BCUT2D eigenvalue weighted by Crippen LogP contribution is -2.28. The van der Waals surface area contributed by atoms with Gasteiger partial charge in [-0.25, -0.2) is 0 Å². The Balaban J connectivity index is 0.000000730. The number of anilines is 1. The summed E-state index contributed by atoms with van der Waals surface area (Å²) >= 11 is 0. The third-order valence-corrected chi connectivity index (χ3v) is 6.95. The number of likely N-dealkylation sites (N-methyl/N-ethyl adjacent to an activating group) is 1. The number of rotatable bonds is 7. The molecule has 1 fully saturated rings. The molecule has 1 aliphatic rings. The SMILES string of the molecule is CC.CCNCCN.CN.Cc1cc(C)c(C)c(=O)[nH]1.Cc1ccc(-c2cc(CN)c(C)c(NC3CCOCC3)c2)cc1. The van der Waals surface area contributed by atoms with Crippen molar-refractivity contribution in [3.05, 3.63) is 86.3 Å². The minimum Gasteiger partial charge on any atom is -0.382 e. The molecule has 0 spiro atoms. The number of nitrogens with one attached hydrogen (secondary N) is 3. The van der Waals surface area contributed by atoms with Gasteiger partial charge in [0.05, 0.1) is 0 Å². The Morgan fingerprint density at radius 2 is 1.49 bits per heavy atom. The highest BCUT2D eigenvalue weighted by molar-refractivity contribution is 5.72. The van der Waals surface area contributed by atoms with Crippen LogP contribution in [0.5, 0.6) is 0 Å². The lowest BCUT2D eigenvalue weighted by atomic mass is 9.96. The van der Waals surface area contributed by atoms with E-state index in [2.05, 4.69) is 78.5 Å². The van der Waals surface area contributed by atoms with Crippen LogP contribution in [0.3, 0.4) is 0 Å². The standard InChI is InChI=1S/C20H26N2O.C8H11NO.C4H12N2.C2H6.CH5N/c1-14-3-5-16(6-4-14)17-11-18(13-21)15(2)20(12-17)22-19-7-9-23-10-8-19;1-5-4-6(2)9-8(10)7(5)3;1-2-6-4-3-5;2*1-2/h3-6,11-12,19,22H,7-10,13,21H2,1-2H3;4H,1-3H3,(H,9,10);6H,2-5H2,1H3;1-2H3;2H2,1H3. The van der Waals surface area contributed by atoms with E-state index in [4.69, 9.17) is 16.2 Å². The molecule has 2 heterocycles. The summed E-state index contributed by atoms with van der Waals surface area (Å²) in [5.74, 6) is 0. The van der Waals surface area contributed by atoms with Crippen molar-refractivity contribution in [3.63, 3.8) is 0 Å². The van der Waals surface area contributed by atoms with Crippen LogP contribution in [0.15, 0.2) is 47.3 Å². The van der Waals surface area contributed by atoms with Gasteiger partial charge in [0.2, 0.25) is 0 Å². The normalized spacial score (nSPS) is 12.2. The second kappa shape index (κ2) is 23.4. The smallest absolute Gasteiger partial charge is 0.251 e. The maximum absolute atomic E-state index is 11.0. The highest BCUT2D eigenvalue weighted by atomic mass is 16.5. The molecular formula is C35H60N6O2. The van der Waals surface area contributed by atoms with Gasteiger partial charge < -0.3 is 37.6 Å². The van der Waals surface area contributed by atoms with Gasteiger partial charge in [0.1, 0.15) is 0 Å². The van der Waals surface area contributed by atoms with Crippen molar-refractivity contribution in [2.75, 3.05) is 45.2 Å². The van der Waals surface area contributed by atoms with Crippen LogP contribution >= 0.6 is 0 Å². The molecule has 0 amide bonds. The molecule has 1 aliphatic heterocycles. The van der Waals surface area contributed by atoms with Crippen LogP contribution in [-0.4, -0.2) is 50.9 Å². The topological polar surface area (TPSA) is 144 Å². The van der Waals surface area contributed by atoms with Gasteiger partial charge >= 0.3 is 0 Å². The molecule has 242 valence electrons. The van der Waals surface area contributed by atoms with E-state index in [1.165, 1.54) is 40.6 Å². The predicted octanol–water partition coefficient (Wildman–Crippen LogP) is 5.48. The van der Waals surface area contributed by atoms with Gasteiger partial charge in [-0.05, 0) is 107 Å². The average molecular weight is 597 g/mol. The fourth-order valence-electron chi connectivity index (χ4n) is 4.31. The second-order valence-electron chi connectivity index (χ2n) is 10.1. The summed E-state index contributed by atoms with van der Waals surface area (Å²) in [7, 11) is 1.50. The highest BCUT2D eigenvalue weighted by Crippen LogP contribution is 2.30. The highest BCUT2D eigenvalue weighted by Gasteiger charge is 2.16. The molecule has 0 unspecified atom stereocenters. The molecule has 1 saturated heterocycles. The summed E-state index contributed by atoms with van der Waals surface area (Å²) in [6, 6.07) is 15.6. The van der Waals surface area contributed by atoms with Crippen LogP contribution in [0.1, 0.15) is 67.1 Å². The Morgan fingerprint density at radius 1 is 0.884 bits per heavy atom. The summed E-state index contributed by atoms with van der Waals surface area (Å²) in [4.78, 5) is 13.7. The lowest BCUT2D eigenvalue weighted by molar-refractivity contribution is 0.0904. The van der Waals surface area contributed by atoms with Crippen molar-refractivity contribution in [1.29, 1.82) is 0 Å². The van der Waals surface area contributed by atoms with Crippen molar-refractivity contribution >= 4 is 5.69 Å². The lowest BCUT2D eigenvalue weighted by Gasteiger charge is -2.26. The zero-order chi connectivity index (χ0) is 32.8. The van der Waals surface area contributed by atoms with E-state index in [9.17, 15) is 4.79 Å². The van der Waals surface area contributed by atoms with Crippen molar-refractivity contribution < 1.29 is 4.74 Å². The van der Waals surface area contributed by atoms with Gasteiger partial charge in [-0.3, -0.25) is 4.79 Å². The third-order valence-electron chi connectivity index (χ3n) is 6.95. The summed E-state index contributed by atoms with van der Waals surface area (Å²) in [5, 5.41) is 6.78. The summed E-state index contributed by atoms with van der Waals surface area (Å²) in [6.45, 7) is 20.9. The molecule has 0 atom stereocenters. The van der Waals surface area contributed by atoms with Crippen molar-refractivity contribution in [2.24, 2.45) is 17.2 Å². The van der Waals surface area contributed by atoms with Crippen LogP contribution in [0.25, 0.3) is 11.1 Å². The number of aromatic nitrogens is 1. The molecule has 1 aromatic heterocycles. The fraction of sp³-hybridized carbons (Fsp3) is 0.514. The molecule has 8 nitrogen and oxygen atoms in total. The molecule has 0 radical (unpaired) electrons. The van der Waals surface area contributed by atoms with E-state index in [-0.39, 0.29) is 5.56 Å². The number of pyridine rings is 1. The maximum atomic E-state index is 11.0. The van der Waals surface area contributed by atoms with Gasteiger partial charge in [-0.1, -0.05) is 50.6 Å². The molecule has 0 bridgehead atoms. The van der Waals surface area contributed by atoms with E-state index in [1.807, 2.05) is 40.7 Å². The van der Waals surface area contributed by atoms with Crippen LogP contribution in [0, 0.1) is 34.6 Å². The average Bonchev–Trinajstić information content (AvgIpc) is 3.03. The Bertz CT molecular complexity index is 1200. The van der Waals surface area contributed by atoms with E-state index >= 15 is 0 Å². The first kappa shape index (κ1) is 40.0. The van der Waals surface area contributed by atoms with Crippen LogP contribution < -0.4 is 33.4 Å². The summed E-state index contributed by atoms with van der Waals surface area (Å²) in [5.41, 5.74) is 25.9. The minimum absolute atomic E-state index is 0.0255. The van der Waals surface area contributed by atoms with Crippen LogP contribution in [-0.2, 0) is 11.3 Å². The first-order valence-corrected chi connectivity index (χ1v) is 15.6. The van der Waals surface area contributed by atoms with Gasteiger partial charge in [0.25, 0.3) is 5.56 Å². The number of hydrogen-bond donors (Lipinski definition) is 6. The number of aryl methyl sites for hydroxylation is 3. The van der Waals surface area contributed by atoms with Crippen LogP contribution in [0.4, 0.5) is 5.69 Å². The van der Waals surface area contributed by atoms with Crippen molar-refractivity contribution in [3.8, 4) is 11.1 Å². The monoisotopic (exact) mass is 596 g/mol. The summed E-state index contributed by atoms with van der Waals surface area (Å²) < 4.78 is 5.46. The van der Waals surface area contributed by atoms with Crippen LogP contribution in [0.2, 0.25) is 0 Å². The third kappa shape index (κ3) is 14.8. The number of H-pyrrole nitrogens is 1. The molecule has 8 heteroatoms. The zero-order valence-corrected chi connectivity index (χ0v) is 28.3. The fourth-order valence-corrected chi connectivity index (χ4v) is 4.31. The van der Waals surface area contributed by atoms with Crippen molar-refractivity contribution in [2.45, 2.75) is 80.8 Å². The number of nitrogens with two attached hydrogens (primary N) is 3. The van der Waals surface area contributed by atoms with Gasteiger partial charge in [-0.2, -0.15) is 0 Å². The number of ether oxygens (including phenoxy) is 1. The molecular weight excluding hydrogens is 536 g/mol. The molecule has 4 rings (SSSR count). The van der Waals surface area contributed by atoms with E-state index < -0.39 is 0 Å². The molecule has 0 aliphatic carbocycles. The Hall–Kier alpha value is -3.01. The molecule has 43 heavy (non-hydrogen) atoms. The first-order valence-electron chi connectivity index (χ1n) is 15.6. The van der Waals surface area contributed by atoms with Gasteiger partial charge in [0, 0.05) is 55.8 Å². The number of aromatic amines is 1. The zero-order valence-electron chi connectivity index (χ0n) is 28.3. The number of hydrogen-bond acceptors (Lipinski definition) is 7. The second-order valence-corrected chi connectivity index (χ2v) is 10.1. The molecule has 3 aromatic rings. The Labute approximate surface area is 261 Å². The van der Waals surface area contributed by atoms with E-state index in [1.54, 1.807) is 0 Å². The Morgan fingerprint density at radius 3 is 1.98 bits per heavy atom. The van der Waals surface area contributed by atoms with Gasteiger partial charge in [-0.15, -0.1) is 0 Å². The van der Waals surface area contributed by atoms with Gasteiger partial charge in [0.15, 0.2) is 0 Å². The minimum atomic E-state index is 0.0255. The van der Waals surface area contributed by atoms with E-state index in [0.717, 1.165) is 62.5 Å². The maximum Gasteiger partial charge on any atom is 0.251 e. The van der Waals surface area contributed by atoms with E-state index in [0.29, 0.717) is 12.6 Å². The first-order chi connectivity index (χ1) is 20.7. The quantitative estimate of drug-likeness (QED) is 0.198. The Kier molecular flexibility index (Phi) is 21.8.